The summed E-state index contributed by atoms with van der Waals surface area (Å²) in [6, 6.07) is 7.53. The third-order valence-corrected chi connectivity index (χ3v) is 5.58. The third kappa shape index (κ3) is 2.53. The normalized spacial score (nSPS) is 14.3. The number of thiazole rings is 1. The summed E-state index contributed by atoms with van der Waals surface area (Å²) in [6.45, 7) is 3.22. The first-order chi connectivity index (χ1) is 12.0. The summed E-state index contributed by atoms with van der Waals surface area (Å²) in [7, 11) is 3.97. The van der Waals surface area contributed by atoms with Crippen LogP contribution in [0.3, 0.4) is 0 Å². The molecule has 2 heterocycles. The zero-order chi connectivity index (χ0) is 17.7. The van der Waals surface area contributed by atoms with Gasteiger partial charge in [-0.05, 0) is 46.1 Å². The van der Waals surface area contributed by atoms with Crippen LogP contribution in [0.5, 0.6) is 0 Å². The Morgan fingerprint density at radius 1 is 1.16 bits per heavy atom. The van der Waals surface area contributed by atoms with E-state index in [1.807, 2.05) is 45.3 Å². The van der Waals surface area contributed by atoms with Gasteiger partial charge in [0.2, 0.25) is 0 Å². The molecule has 0 saturated heterocycles. The van der Waals surface area contributed by atoms with Crippen LogP contribution < -0.4 is 0 Å². The lowest BCUT2D eigenvalue weighted by molar-refractivity contribution is 0.0606. The van der Waals surface area contributed by atoms with Gasteiger partial charge in [0, 0.05) is 22.9 Å². The standard InChI is InChI=1S/C19H19N3O2S/c1-11-20-15-10-14-16-12(17(15)25-11)6-4-7-13(16)18(23)22(19(14)24)9-5-8-21(2)3/h4,6-7,10H,5,8-9H2,1-3H3. The highest BCUT2D eigenvalue weighted by Crippen LogP contribution is 2.37. The average Bonchev–Trinajstić information content (AvgIpc) is 2.95. The SMILES string of the molecule is Cc1nc2cc3c4c(cccc4c2s1)C(=O)N(CCCN(C)C)C3=O. The lowest BCUT2D eigenvalue weighted by Gasteiger charge is -2.27. The minimum Gasteiger partial charge on any atom is -0.309 e. The molecule has 0 unspecified atom stereocenters. The maximum atomic E-state index is 13.0. The van der Waals surface area contributed by atoms with Crippen LogP contribution in [-0.2, 0) is 0 Å². The summed E-state index contributed by atoms with van der Waals surface area (Å²) in [5.41, 5.74) is 2.04. The van der Waals surface area contributed by atoms with Gasteiger partial charge < -0.3 is 4.90 Å². The first kappa shape index (κ1) is 16.2. The molecule has 0 fully saturated rings. The average molecular weight is 353 g/mol. The van der Waals surface area contributed by atoms with Crippen molar-refractivity contribution in [3.63, 3.8) is 0 Å². The van der Waals surface area contributed by atoms with Crippen LogP contribution in [-0.4, -0.2) is 53.8 Å². The van der Waals surface area contributed by atoms with Crippen molar-refractivity contribution in [1.29, 1.82) is 0 Å². The van der Waals surface area contributed by atoms with E-state index in [1.54, 1.807) is 11.3 Å². The second-order valence-corrected chi connectivity index (χ2v) is 7.86. The number of fused-ring (bicyclic) bond motifs is 2. The zero-order valence-electron chi connectivity index (χ0n) is 14.5. The number of carbonyl (C=O) groups is 2. The van der Waals surface area contributed by atoms with Crippen LogP contribution in [0.25, 0.3) is 21.0 Å². The van der Waals surface area contributed by atoms with E-state index < -0.39 is 0 Å². The molecule has 1 aliphatic heterocycles. The molecule has 1 aliphatic rings. The van der Waals surface area contributed by atoms with E-state index in [1.165, 1.54) is 4.90 Å². The molecule has 3 aromatic rings. The second kappa shape index (κ2) is 5.89. The van der Waals surface area contributed by atoms with Crippen LogP contribution in [0, 0.1) is 6.92 Å². The van der Waals surface area contributed by atoms with Gasteiger partial charge in [0.25, 0.3) is 11.8 Å². The Labute approximate surface area is 149 Å². The summed E-state index contributed by atoms with van der Waals surface area (Å²) >= 11 is 1.60. The molecule has 0 aliphatic carbocycles. The molecule has 1 aromatic heterocycles. The number of amides is 2. The lowest BCUT2D eigenvalue weighted by atomic mass is 9.93. The Balaban J connectivity index is 1.87. The number of imide groups is 1. The van der Waals surface area contributed by atoms with Crippen molar-refractivity contribution in [3.8, 4) is 0 Å². The zero-order valence-corrected chi connectivity index (χ0v) is 15.3. The van der Waals surface area contributed by atoms with Crippen LogP contribution in [0.4, 0.5) is 0 Å². The van der Waals surface area contributed by atoms with Crippen molar-refractivity contribution < 1.29 is 9.59 Å². The van der Waals surface area contributed by atoms with Crippen molar-refractivity contribution in [2.75, 3.05) is 27.2 Å². The topological polar surface area (TPSA) is 53.5 Å². The predicted molar refractivity (Wildman–Crippen MR) is 100 cm³/mol. The first-order valence-electron chi connectivity index (χ1n) is 8.31. The Hall–Kier alpha value is -2.31. The van der Waals surface area contributed by atoms with Crippen molar-refractivity contribution in [2.24, 2.45) is 0 Å². The Bertz CT molecular complexity index is 1020. The molecule has 0 atom stereocenters. The molecule has 2 amide bonds. The minimum atomic E-state index is -0.208. The molecule has 6 heteroatoms. The summed E-state index contributed by atoms with van der Waals surface area (Å²) in [5, 5.41) is 2.68. The van der Waals surface area contributed by atoms with Gasteiger partial charge >= 0.3 is 0 Å². The van der Waals surface area contributed by atoms with Crippen molar-refractivity contribution in [3.05, 3.63) is 40.4 Å². The molecule has 25 heavy (non-hydrogen) atoms. The quantitative estimate of drug-likeness (QED) is 0.675. The highest BCUT2D eigenvalue weighted by Gasteiger charge is 2.33. The van der Waals surface area contributed by atoms with E-state index in [9.17, 15) is 9.59 Å². The van der Waals surface area contributed by atoms with E-state index in [-0.39, 0.29) is 11.8 Å². The fraction of sp³-hybridized carbons (Fsp3) is 0.316. The van der Waals surface area contributed by atoms with Crippen LogP contribution >= 0.6 is 11.3 Å². The number of benzene rings is 2. The summed E-state index contributed by atoms with van der Waals surface area (Å²) in [6.07, 6.45) is 0.758. The van der Waals surface area contributed by atoms with Crippen LogP contribution in [0.15, 0.2) is 24.3 Å². The molecule has 4 rings (SSSR count). The number of hydrogen-bond donors (Lipinski definition) is 0. The van der Waals surface area contributed by atoms with E-state index >= 15 is 0 Å². The van der Waals surface area contributed by atoms with Crippen LogP contribution in [0.1, 0.15) is 32.1 Å². The van der Waals surface area contributed by atoms with Gasteiger partial charge in [-0.15, -0.1) is 11.3 Å². The fourth-order valence-corrected chi connectivity index (χ4v) is 4.38. The molecule has 0 N–H and O–H groups in total. The van der Waals surface area contributed by atoms with Crippen molar-refractivity contribution in [1.82, 2.24) is 14.8 Å². The molecular weight excluding hydrogens is 334 g/mol. The minimum absolute atomic E-state index is 0.192. The van der Waals surface area contributed by atoms with Gasteiger partial charge in [-0.25, -0.2) is 4.98 Å². The molecule has 0 bridgehead atoms. The number of nitrogens with zero attached hydrogens (tertiary/aromatic N) is 3. The van der Waals surface area contributed by atoms with Gasteiger partial charge in [-0.2, -0.15) is 0 Å². The Morgan fingerprint density at radius 2 is 1.92 bits per heavy atom. The number of aryl methyl sites for hydroxylation is 1. The summed E-state index contributed by atoms with van der Waals surface area (Å²) < 4.78 is 1.04. The van der Waals surface area contributed by atoms with E-state index in [2.05, 4.69) is 9.88 Å². The van der Waals surface area contributed by atoms with E-state index in [0.717, 1.165) is 39.0 Å². The largest absolute Gasteiger partial charge is 0.309 e. The molecule has 5 nitrogen and oxygen atoms in total. The molecule has 0 radical (unpaired) electrons. The molecule has 0 saturated carbocycles. The van der Waals surface area contributed by atoms with Crippen molar-refractivity contribution >= 4 is 44.1 Å². The van der Waals surface area contributed by atoms with Crippen molar-refractivity contribution in [2.45, 2.75) is 13.3 Å². The predicted octanol–water partition coefficient (Wildman–Crippen LogP) is 3.31. The number of hydrogen-bond acceptors (Lipinski definition) is 5. The maximum Gasteiger partial charge on any atom is 0.261 e. The third-order valence-electron chi connectivity index (χ3n) is 4.56. The van der Waals surface area contributed by atoms with E-state index in [4.69, 9.17) is 0 Å². The monoisotopic (exact) mass is 353 g/mol. The van der Waals surface area contributed by atoms with E-state index in [0.29, 0.717) is 17.7 Å². The second-order valence-electron chi connectivity index (χ2n) is 6.65. The fourth-order valence-electron chi connectivity index (χ4n) is 3.45. The van der Waals surface area contributed by atoms with Gasteiger partial charge in [0.05, 0.1) is 20.8 Å². The highest BCUT2D eigenvalue weighted by molar-refractivity contribution is 7.19. The molecule has 128 valence electrons. The molecular formula is C19H19N3O2S. The summed E-state index contributed by atoms with van der Waals surface area (Å²) in [4.78, 5) is 33.9. The van der Waals surface area contributed by atoms with Gasteiger partial charge in [0.15, 0.2) is 0 Å². The lowest BCUT2D eigenvalue weighted by Crippen LogP contribution is -2.41. The Morgan fingerprint density at radius 3 is 2.68 bits per heavy atom. The number of carbonyl (C=O) groups excluding carboxylic acids is 2. The van der Waals surface area contributed by atoms with Gasteiger partial charge in [-0.3, -0.25) is 14.5 Å². The van der Waals surface area contributed by atoms with Gasteiger partial charge in [0.1, 0.15) is 0 Å². The van der Waals surface area contributed by atoms with Crippen LogP contribution in [0.2, 0.25) is 0 Å². The molecule has 2 aromatic carbocycles. The molecule has 0 spiro atoms. The Kier molecular flexibility index (Phi) is 3.81. The summed E-state index contributed by atoms with van der Waals surface area (Å²) in [5.74, 6) is -0.401. The number of aromatic nitrogens is 1. The smallest absolute Gasteiger partial charge is 0.261 e. The van der Waals surface area contributed by atoms with Gasteiger partial charge in [-0.1, -0.05) is 12.1 Å². The first-order valence-corrected chi connectivity index (χ1v) is 9.13. The number of rotatable bonds is 4. The maximum absolute atomic E-state index is 13.0. The highest BCUT2D eigenvalue weighted by atomic mass is 32.1.